The number of hydrogen-bond donors (Lipinski definition) is 3. The molecule has 13 heteroatoms. The van der Waals surface area contributed by atoms with Crippen molar-refractivity contribution in [3.05, 3.63) is 33.8 Å². The molecule has 3 N–H and O–H groups in total. The standard InChI is InChI=1S/C25H30BrF2N5O5/c1-14(30-21(35)20(34)29-2)11-15-5-7-24(8-6-15)19(31-32-23(37)38-24)17-12-16(3-4-18(17)26)22(36)33-10-9-25(27,28)13-33/h3-4,12,14-15H,5-11,13H2,1-2H3,(H,29,34)(H,30,35)(H,32,37)/t14-,15?,24?/m0/s1. The van der Waals surface area contributed by atoms with Crippen molar-refractivity contribution in [1.29, 1.82) is 0 Å². The number of likely N-dealkylation sites (N-methyl/N-ethyl adjacent to an activating group) is 1. The minimum atomic E-state index is -2.90. The van der Waals surface area contributed by atoms with E-state index < -0.39 is 41.9 Å². The molecule has 1 saturated heterocycles. The van der Waals surface area contributed by atoms with Crippen LogP contribution >= 0.6 is 15.9 Å². The van der Waals surface area contributed by atoms with Crippen molar-refractivity contribution >= 4 is 45.5 Å². The second-order valence-corrected chi connectivity index (χ2v) is 11.0. The van der Waals surface area contributed by atoms with E-state index in [0.29, 0.717) is 47.9 Å². The Balaban J connectivity index is 1.50. The van der Waals surface area contributed by atoms with E-state index in [-0.39, 0.29) is 30.5 Å². The molecule has 4 amide bonds. The van der Waals surface area contributed by atoms with Gasteiger partial charge in [0.2, 0.25) is 0 Å². The molecule has 1 saturated carbocycles. The van der Waals surface area contributed by atoms with Gasteiger partial charge in [0.25, 0.3) is 11.8 Å². The van der Waals surface area contributed by atoms with Gasteiger partial charge in [0.15, 0.2) is 5.60 Å². The van der Waals surface area contributed by atoms with Gasteiger partial charge in [-0.2, -0.15) is 5.10 Å². The third-order valence-electron chi connectivity index (χ3n) is 7.31. The molecular formula is C25H30BrF2N5O5. The van der Waals surface area contributed by atoms with Gasteiger partial charge in [0.05, 0.1) is 6.54 Å². The lowest BCUT2D eigenvalue weighted by atomic mass is 9.72. The lowest BCUT2D eigenvalue weighted by Gasteiger charge is -2.42. The molecule has 1 aromatic rings. The molecule has 2 fully saturated rings. The van der Waals surface area contributed by atoms with Crippen LogP contribution in [0.15, 0.2) is 27.8 Å². The number of nitrogens with zero attached hydrogens (tertiary/aromatic N) is 2. The quantitative estimate of drug-likeness (QED) is 0.449. The van der Waals surface area contributed by atoms with Crippen molar-refractivity contribution in [2.75, 3.05) is 20.1 Å². The summed E-state index contributed by atoms with van der Waals surface area (Å²) in [4.78, 5) is 49.7. The molecule has 0 aromatic heterocycles. The Hall–Kier alpha value is -3.09. The van der Waals surface area contributed by atoms with Gasteiger partial charge in [-0.05, 0) is 63.1 Å². The van der Waals surface area contributed by atoms with Crippen LogP contribution in [0.25, 0.3) is 0 Å². The Morgan fingerprint density at radius 1 is 1.24 bits per heavy atom. The first-order valence-corrected chi connectivity index (χ1v) is 13.3. The van der Waals surface area contributed by atoms with Crippen LogP contribution in [0.3, 0.4) is 0 Å². The minimum absolute atomic E-state index is 0.0231. The number of ether oxygens (including phenoxy) is 1. The van der Waals surface area contributed by atoms with Crippen molar-refractivity contribution < 1.29 is 32.7 Å². The first-order chi connectivity index (χ1) is 17.9. The Morgan fingerprint density at radius 2 is 1.95 bits per heavy atom. The molecule has 1 atom stereocenters. The van der Waals surface area contributed by atoms with Crippen LogP contribution in [0.4, 0.5) is 13.6 Å². The van der Waals surface area contributed by atoms with E-state index in [4.69, 9.17) is 4.74 Å². The largest absolute Gasteiger partial charge is 0.435 e. The molecule has 0 bridgehead atoms. The number of amides is 4. The number of nitrogens with one attached hydrogen (secondary N) is 3. The highest BCUT2D eigenvalue weighted by Crippen LogP contribution is 2.42. The SMILES string of the molecule is CNC(=O)C(=O)N[C@@H](C)CC1CCC2(CC1)OC(=O)NN=C2c1cc(C(=O)N2CCC(F)(F)C2)ccc1Br. The number of halogens is 3. The van der Waals surface area contributed by atoms with Gasteiger partial charge in [-0.25, -0.2) is 19.0 Å². The number of carbonyl (C=O) groups is 4. The van der Waals surface area contributed by atoms with Crippen LogP contribution in [0, 0.1) is 5.92 Å². The molecule has 0 unspecified atom stereocenters. The number of alkyl halides is 2. The van der Waals surface area contributed by atoms with Gasteiger partial charge in [-0.3, -0.25) is 14.4 Å². The molecule has 2 aliphatic heterocycles. The van der Waals surface area contributed by atoms with Crippen LogP contribution in [0.1, 0.15) is 61.4 Å². The summed E-state index contributed by atoms with van der Waals surface area (Å²) in [7, 11) is 1.39. The fourth-order valence-electron chi connectivity index (χ4n) is 5.37. The zero-order chi connectivity index (χ0) is 27.7. The van der Waals surface area contributed by atoms with Crippen LogP contribution in [-0.2, 0) is 14.3 Å². The van der Waals surface area contributed by atoms with E-state index in [1.54, 1.807) is 18.2 Å². The molecule has 4 rings (SSSR count). The zero-order valence-corrected chi connectivity index (χ0v) is 22.7. The molecule has 206 valence electrons. The predicted octanol–water partition coefficient (Wildman–Crippen LogP) is 2.94. The van der Waals surface area contributed by atoms with Crippen LogP contribution in [0.2, 0.25) is 0 Å². The molecule has 1 spiro atoms. The lowest BCUT2D eigenvalue weighted by molar-refractivity contribution is -0.139. The molecule has 2 heterocycles. The summed E-state index contributed by atoms with van der Waals surface area (Å²) in [5.41, 5.74) is 2.55. The van der Waals surface area contributed by atoms with Gasteiger partial charge in [0, 0.05) is 41.7 Å². The zero-order valence-electron chi connectivity index (χ0n) is 21.1. The molecule has 10 nitrogen and oxygen atoms in total. The third-order valence-corrected chi connectivity index (χ3v) is 8.01. The average molecular weight is 598 g/mol. The van der Waals surface area contributed by atoms with E-state index in [2.05, 4.69) is 37.1 Å². The first kappa shape index (κ1) is 27.9. The molecule has 3 aliphatic rings. The summed E-state index contributed by atoms with van der Waals surface area (Å²) in [5.74, 6) is -4.57. The second-order valence-electron chi connectivity index (χ2n) is 10.1. The fraction of sp³-hybridized carbons (Fsp3) is 0.560. The Morgan fingerprint density at radius 3 is 2.58 bits per heavy atom. The molecule has 1 aliphatic carbocycles. The summed E-state index contributed by atoms with van der Waals surface area (Å²) in [6.07, 6.45) is 1.86. The van der Waals surface area contributed by atoms with Gasteiger partial charge in [0.1, 0.15) is 5.71 Å². The van der Waals surface area contributed by atoms with Gasteiger partial charge < -0.3 is 20.3 Å². The highest BCUT2D eigenvalue weighted by atomic mass is 79.9. The predicted molar refractivity (Wildman–Crippen MR) is 137 cm³/mol. The number of hydrazone groups is 1. The van der Waals surface area contributed by atoms with Gasteiger partial charge in [-0.15, -0.1) is 0 Å². The molecule has 38 heavy (non-hydrogen) atoms. The van der Waals surface area contributed by atoms with Crippen molar-refractivity contribution in [1.82, 2.24) is 21.0 Å². The average Bonchev–Trinajstić information content (AvgIpc) is 3.24. The Bertz CT molecular complexity index is 1170. The van der Waals surface area contributed by atoms with E-state index in [9.17, 15) is 28.0 Å². The maximum Gasteiger partial charge on any atom is 0.428 e. The third kappa shape index (κ3) is 5.97. The summed E-state index contributed by atoms with van der Waals surface area (Å²) < 4.78 is 33.8. The van der Waals surface area contributed by atoms with Gasteiger partial charge >= 0.3 is 17.9 Å². The molecular weight excluding hydrogens is 568 g/mol. The number of likely N-dealkylation sites (tertiary alicyclic amines) is 1. The number of benzene rings is 1. The Kier molecular flexibility index (Phi) is 8.05. The highest BCUT2D eigenvalue weighted by molar-refractivity contribution is 9.10. The number of carbonyl (C=O) groups excluding carboxylic acids is 4. The number of rotatable bonds is 5. The van der Waals surface area contributed by atoms with Gasteiger partial charge in [-0.1, -0.05) is 15.9 Å². The summed E-state index contributed by atoms with van der Waals surface area (Å²) in [5, 5.41) is 9.29. The van der Waals surface area contributed by atoms with E-state index >= 15 is 0 Å². The second kappa shape index (κ2) is 11.0. The van der Waals surface area contributed by atoms with Crippen LogP contribution in [-0.4, -0.2) is 72.1 Å². The fourth-order valence-corrected chi connectivity index (χ4v) is 5.80. The monoisotopic (exact) mass is 597 g/mol. The maximum absolute atomic E-state index is 13.7. The smallest absolute Gasteiger partial charge is 0.428 e. The van der Waals surface area contributed by atoms with Crippen LogP contribution in [0.5, 0.6) is 0 Å². The summed E-state index contributed by atoms with van der Waals surface area (Å²) >= 11 is 3.50. The van der Waals surface area contributed by atoms with Crippen molar-refractivity contribution in [2.24, 2.45) is 11.0 Å². The van der Waals surface area contributed by atoms with Crippen molar-refractivity contribution in [2.45, 2.75) is 63.0 Å². The van der Waals surface area contributed by atoms with Crippen molar-refractivity contribution in [3.63, 3.8) is 0 Å². The van der Waals surface area contributed by atoms with Crippen LogP contribution < -0.4 is 16.1 Å². The van der Waals surface area contributed by atoms with E-state index in [1.807, 2.05) is 6.92 Å². The highest BCUT2D eigenvalue weighted by Gasteiger charge is 2.47. The van der Waals surface area contributed by atoms with E-state index in [0.717, 1.165) is 4.90 Å². The summed E-state index contributed by atoms with van der Waals surface area (Å²) in [6, 6.07) is 4.59. The number of hydrogen-bond acceptors (Lipinski definition) is 6. The maximum atomic E-state index is 13.7. The molecule has 1 aromatic carbocycles. The lowest BCUT2D eigenvalue weighted by Crippen LogP contribution is -2.52. The summed E-state index contributed by atoms with van der Waals surface area (Å²) in [6.45, 7) is 1.19. The van der Waals surface area contributed by atoms with E-state index in [1.165, 1.54) is 7.05 Å². The molecule has 0 radical (unpaired) electrons. The normalized spacial score (nSPS) is 25.2. The topological polar surface area (TPSA) is 129 Å². The van der Waals surface area contributed by atoms with Crippen molar-refractivity contribution in [3.8, 4) is 0 Å². The minimum Gasteiger partial charge on any atom is -0.435 e. The first-order valence-electron chi connectivity index (χ1n) is 12.5. The Labute approximate surface area is 227 Å².